The fourth-order valence-corrected chi connectivity index (χ4v) is 1.71. The largest absolute Gasteiger partial charge is 0.328 e. The zero-order valence-corrected chi connectivity index (χ0v) is 9.36. The summed E-state index contributed by atoms with van der Waals surface area (Å²) in [7, 11) is 0. The van der Waals surface area contributed by atoms with Crippen molar-refractivity contribution in [2.75, 3.05) is 11.4 Å². The number of nitriles is 1. The molecule has 1 saturated heterocycles. The molecule has 2 rings (SSSR count). The van der Waals surface area contributed by atoms with Crippen LogP contribution in [-0.2, 0) is 4.79 Å². The molecular formula is C12H11N3O2. The fraction of sp³-hybridized carbons (Fsp3) is 0.250. The van der Waals surface area contributed by atoms with Gasteiger partial charge in [-0.15, -0.1) is 0 Å². The third-order valence-corrected chi connectivity index (χ3v) is 2.71. The van der Waals surface area contributed by atoms with Crippen molar-refractivity contribution in [2.24, 2.45) is 0 Å². The van der Waals surface area contributed by atoms with Crippen molar-refractivity contribution >= 4 is 17.6 Å². The average Bonchev–Trinajstić information content (AvgIpc) is 2.30. The zero-order valence-electron chi connectivity index (χ0n) is 9.36. The minimum atomic E-state index is -0.436. The first-order valence-electron chi connectivity index (χ1n) is 5.24. The topological polar surface area (TPSA) is 73.2 Å². The molecule has 0 atom stereocenters. The smallest absolute Gasteiger partial charge is 0.294 e. The molecule has 17 heavy (non-hydrogen) atoms. The van der Waals surface area contributed by atoms with E-state index in [2.05, 4.69) is 11.4 Å². The Morgan fingerprint density at radius 2 is 2.18 bits per heavy atom. The molecule has 0 saturated carbocycles. The van der Waals surface area contributed by atoms with Crippen LogP contribution in [0.25, 0.3) is 0 Å². The van der Waals surface area contributed by atoms with Gasteiger partial charge < -0.3 is 0 Å². The summed E-state index contributed by atoms with van der Waals surface area (Å²) in [6, 6.07) is 6.85. The Morgan fingerprint density at radius 1 is 1.41 bits per heavy atom. The summed E-state index contributed by atoms with van der Waals surface area (Å²) < 4.78 is 0. The number of amides is 3. The van der Waals surface area contributed by atoms with E-state index in [0.717, 1.165) is 5.56 Å². The molecule has 1 N–H and O–H groups in total. The van der Waals surface area contributed by atoms with Gasteiger partial charge in [0.2, 0.25) is 5.91 Å². The Balaban J connectivity index is 2.32. The molecule has 0 aliphatic carbocycles. The first-order chi connectivity index (χ1) is 8.11. The Labute approximate surface area is 98.6 Å². The lowest BCUT2D eigenvalue weighted by Gasteiger charge is -2.26. The first kappa shape index (κ1) is 11.1. The highest BCUT2D eigenvalue weighted by Crippen LogP contribution is 2.20. The molecule has 5 nitrogen and oxygen atoms in total. The summed E-state index contributed by atoms with van der Waals surface area (Å²) in [5.74, 6) is -0.265. The number of urea groups is 1. The fourth-order valence-electron chi connectivity index (χ4n) is 1.71. The molecule has 0 radical (unpaired) electrons. The van der Waals surface area contributed by atoms with E-state index in [1.807, 2.05) is 6.92 Å². The van der Waals surface area contributed by atoms with Crippen LogP contribution in [0.2, 0.25) is 0 Å². The second kappa shape index (κ2) is 4.26. The molecule has 1 aliphatic heterocycles. The highest BCUT2D eigenvalue weighted by Gasteiger charge is 2.24. The number of nitrogens with zero attached hydrogens (tertiary/aromatic N) is 2. The first-order valence-corrected chi connectivity index (χ1v) is 5.24. The van der Waals surface area contributed by atoms with Gasteiger partial charge in [-0.2, -0.15) is 5.26 Å². The second-order valence-corrected chi connectivity index (χ2v) is 3.87. The van der Waals surface area contributed by atoms with E-state index >= 15 is 0 Å². The average molecular weight is 229 g/mol. The molecule has 0 spiro atoms. The number of rotatable bonds is 1. The van der Waals surface area contributed by atoms with E-state index in [-0.39, 0.29) is 12.3 Å². The number of hydrogen-bond donors (Lipinski definition) is 1. The summed E-state index contributed by atoms with van der Waals surface area (Å²) in [5, 5.41) is 11.2. The monoisotopic (exact) mass is 229 g/mol. The number of carbonyl (C=O) groups excluding carboxylic acids is 2. The quantitative estimate of drug-likeness (QED) is 0.789. The standard InChI is InChI=1S/C12H11N3O2/c1-8-2-3-10(6-9(8)7-13)15-5-4-11(16)14-12(15)17/h2-3,6H,4-5H2,1H3,(H,14,16,17). The van der Waals surface area contributed by atoms with Gasteiger partial charge in [0.05, 0.1) is 11.6 Å². The molecular weight excluding hydrogens is 218 g/mol. The molecule has 3 amide bonds. The second-order valence-electron chi connectivity index (χ2n) is 3.87. The number of hydrogen-bond acceptors (Lipinski definition) is 3. The SMILES string of the molecule is Cc1ccc(N2CCC(=O)NC2=O)cc1C#N. The highest BCUT2D eigenvalue weighted by molar-refractivity contribution is 6.05. The van der Waals surface area contributed by atoms with Gasteiger partial charge in [-0.1, -0.05) is 6.07 Å². The van der Waals surface area contributed by atoms with Crippen molar-refractivity contribution in [1.29, 1.82) is 5.26 Å². The number of carbonyl (C=O) groups is 2. The van der Waals surface area contributed by atoms with E-state index < -0.39 is 6.03 Å². The lowest BCUT2D eigenvalue weighted by atomic mass is 10.1. The van der Waals surface area contributed by atoms with Crippen LogP contribution in [-0.4, -0.2) is 18.5 Å². The summed E-state index contributed by atoms with van der Waals surface area (Å²) in [5.41, 5.74) is 2.04. The number of nitrogens with one attached hydrogen (secondary N) is 1. The maximum atomic E-state index is 11.6. The molecule has 1 aliphatic rings. The van der Waals surface area contributed by atoms with E-state index in [4.69, 9.17) is 5.26 Å². The van der Waals surface area contributed by atoms with Crippen molar-refractivity contribution in [3.63, 3.8) is 0 Å². The number of imide groups is 1. The van der Waals surface area contributed by atoms with Crippen LogP contribution in [0.1, 0.15) is 17.5 Å². The van der Waals surface area contributed by atoms with Crippen LogP contribution in [0.5, 0.6) is 0 Å². The maximum Gasteiger partial charge on any atom is 0.328 e. The van der Waals surface area contributed by atoms with E-state index in [0.29, 0.717) is 17.8 Å². The summed E-state index contributed by atoms with van der Waals surface area (Å²) >= 11 is 0. The molecule has 1 fully saturated rings. The van der Waals surface area contributed by atoms with Crippen LogP contribution < -0.4 is 10.2 Å². The van der Waals surface area contributed by atoms with Gasteiger partial charge in [0.15, 0.2) is 0 Å². The predicted molar refractivity (Wildman–Crippen MR) is 61.4 cm³/mol. The predicted octanol–water partition coefficient (Wildman–Crippen LogP) is 1.31. The van der Waals surface area contributed by atoms with Crippen molar-refractivity contribution in [3.05, 3.63) is 29.3 Å². The normalized spacial score (nSPS) is 15.4. The molecule has 0 bridgehead atoms. The summed E-state index contributed by atoms with van der Waals surface area (Å²) in [4.78, 5) is 24.1. The van der Waals surface area contributed by atoms with Gasteiger partial charge in [-0.25, -0.2) is 4.79 Å². The number of aryl methyl sites for hydroxylation is 1. The van der Waals surface area contributed by atoms with Crippen molar-refractivity contribution in [1.82, 2.24) is 5.32 Å². The lowest BCUT2D eigenvalue weighted by molar-refractivity contribution is -0.120. The van der Waals surface area contributed by atoms with E-state index in [9.17, 15) is 9.59 Å². The third-order valence-electron chi connectivity index (χ3n) is 2.71. The molecule has 1 heterocycles. The van der Waals surface area contributed by atoms with E-state index in [1.54, 1.807) is 18.2 Å². The molecule has 0 aromatic heterocycles. The highest BCUT2D eigenvalue weighted by atomic mass is 16.2. The molecule has 86 valence electrons. The molecule has 1 aromatic rings. The van der Waals surface area contributed by atoms with Crippen LogP contribution in [0, 0.1) is 18.3 Å². The molecule has 5 heteroatoms. The lowest BCUT2D eigenvalue weighted by Crippen LogP contribution is -2.49. The van der Waals surface area contributed by atoms with Crippen molar-refractivity contribution in [2.45, 2.75) is 13.3 Å². The number of anilines is 1. The van der Waals surface area contributed by atoms with Gasteiger partial charge in [0.25, 0.3) is 0 Å². The Morgan fingerprint density at radius 3 is 2.82 bits per heavy atom. The summed E-state index contributed by atoms with van der Waals surface area (Å²) in [6.45, 7) is 2.18. The summed E-state index contributed by atoms with van der Waals surface area (Å²) in [6.07, 6.45) is 0.279. The van der Waals surface area contributed by atoms with Gasteiger partial charge >= 0.3 is 6.03 Å². The third kappa shape index (κ3) is 2.11. The minimum absolute atomic E-state index is 0.265. The van der Waals surface area contributed by atoms with Gasteiger partial charge in [0.1, 0.15) is 0 Å². The number of benzene rings is 1. The van der Waals surface area contributed by atoms with Gasteiger partial charge in [0, 0.05) is 18.7 Å². The van der Waals surface area contributed by atoms with Crippen LogP contribution in [0.4, 0.5) is 10.5 Å². The Hall–Kier alpha value is -2.35. The van der Waals surface area contributed by atoms with Crippen molar-refractivity contribution < 1.29 is 9.59 Å². The minimum Gasteiger partial charge on any atom is -0.294 e. The van der Waals surface area contributed by atoms with Crippen molar-refractivity contribution in [3.8, 4) is 6.07 Å². The van der Waals surface area contributed by atoms with Crippen LogP contribution in [0.3, 0.4) is 0 Å². The Kier molecular flexibility index (Phi) is 2.79. The molecule has 0 unspecified atom stereocenters. The zero-order chi connectivity index (χ0) is 12.4. The molecule has 1 aromatic carbocycles. The van der Waals surface area contributed by atoms with Gasteiger partial charge in [-0.05, 0) is 24.6 Å². The van der Waals surface area contributed by atoms with Crippen LogP contribution in [0.15, 0.2) is 18.2 Å². The maximum absolute atomic E-state index is 11.6. The van der Waals surface area contributed by atoms with Gasteiger partial charge in [-0.3, -0.25) is 15.0 Å². The Bertz CT molecular complexity index is 531. The van der Waals surface area contributed by atoms with E-state index in [1.165, 1.54) is 4.90 Å². The van der Waals surface area contributed by atoms with Crippen LogP contribution >= 0.6 is 0 Å².